The van der Waals surface area contributed by atoms with E-state index in [2.05, 4.69) is 4.98 Å². The Morgan fingerprint density at radius 3 is 2.54 bits per heavy atom. The number of hydrogen-bond acceptors (Lipinski definition) is 4. The number of amides is 1. The molecule has 2 aromatic carbocycles. The van der Waals surface area contributed by atoms with Crippen LogP contribution in [0.2, 0.25) is 0 Å². The predicted octanol–water partition coefficient (Wildman–Crippen LogP) is 3.98. The molecule has 1 amide bonds. The number of ketones is 1. The molecule has 1 atom stereocenters. The summed E-state index contributed by atoms with van der Waals surface area (Å²) in [6.45, 7) is 1.14. The van der Waals surface area contributed by atoms with E-state index in [4.69, 9.17) is 4.74 Å². The standard InChI is InChI=1S/C23H22N2O3/c1-28-21-7-6-17-13-19(5-4-18(17)14-21)22(26)20-3-2-12-25(15-20)23(27)16-8-10-24-11-9-16/h4-11,13-14,20H,2-3,12,15H2,1H3/t20-/m1/s1. The fraction of sp³-hybridized carbons (Fsp3) is 0.261. The number of hydrogen-bond donors (Lipinski definition) is 0. The van der Waals surface area contributed by atoms with Gasteiger partial charge in [0.15, 0.2) is 5.78 Å². The lowest BCUT2D eigenvalue weighted by atomic mass is 9.89. The summed E-state index contributed by atoms with van der Waals surface area (Å²) in [6.07, 6.45) is 4.87. The van der Waals surface area contributed by atoms with Crippen molar-refractivity contribution in [2.24, 2.45) is 5.92 Å². The highest BCUT2D eigenvalue weighted by atomic mass is 16.5. The number of likely N-dealkylation sites (tertiary alicyclic amines) is 1. The number of piperidine rings is 1. The zero-order chi connectivity index (χ0) is 19.5. The molecule has 0 unspecified atom stereocenters. The van der Waals surface area contributed by atoms with Crippen molar-refractivity contribution in [1.82, 2.24) is 9.88 Å². The third-order valence-corrected chi connectivity index (χ3v) is 5.34. The van der Waals surface area contributed by atoms with Crippen LogP contribution in [0.15, 0.2) is 60.9 Å². The fourth-order valence-corrected chi connectivity index (χ4v) is 3.79. The molecule has 0 saturated carbocycles. The average Bonchev–Trinajstić information content (AvgIpc) is 2.78. The van der Waals surface area contributed by atoms with Crippen LogP contribution in [0, 0.1) is 5.92 Å². The molecule has 1 fully saturated rings. The van der Waals surface area contributed by atoms with Crippen LogP contribution in [-0.4, -0.2) is 41.8 Å². The summed E-state index contributed by atoms with van der Waals surface area (Å²) in [6, 6.07) is 15.0. The number of nitrogens with zero attached hydrogens (tertiary/aromatic N) is 2. The molecule has 0 radical (unpaired) electrons. The van der Waals surface area contributed by atoms with Gasteiger partial charge in [0, 0.05) is 42.5 Å². The van der Waals surface area contributed by atoms with E-state index in [0.717, 1.165) is 29.4 Å². The van der Waals surface area contributed by atoms with Crippen LogP contribution in [0.4, 0.5) is 0 Å². The van der Waals surface area contributed by atoms with E-state index in [-0.39, 0.29) is 17.6 Å². The van der Waals surface area contributed by atoms with Gasteiger partial charge in [0.1, 0.15) is 5.75 Å². The lowest BCUT2D eigenvalue weighted by Gasteiger charge is -2.32. The van der Waals surface area contributed by atoms with E-state index in [1.807, 2.05) is 36.4 Å². The number of methoxy groups -OCH3 is 1. The minimum Gasteiger partial charge on any atom is -0.497 e. The molecule has 5 heteroatoms. The highest BCUT2D eigenvalue weighted by Gasteiger charge is 2.29. The molecule has 4 rings (SSSR count). The van der Waals surface area contributed by atoms with E-state index < -0.39 is 0 Å². The Morgan fingerprint density at radius 1 is 1.00 bits per heavy atom. The molecule has 28 heavy (non-hydrogen) atoms. The number of Topliss-reactive ketones (excluding diaryl/α,β-unsaturated/α-hetero) is 1. The second kappa shape index (κ2) is 7.80. The molecule has 0 bridgehead atoms. The summed E-state index contributed by atoms with van der Waals surface area (Å²) in [5.74, 6) is 0.690. The first-order valence-electron chi connectivity index (χ1n) is 9.47. The lowest BCUT2D eigenvalue weighted by Crippen LogP contribution is -2.42. The lowest BCUT2D eigenvalue weighted by molar-refractivity contribution is 0.0637. The average molecular weight is 374 g/mol. The largest absolute Gasteiger partial charge is 0.497 e. The van der Waals surface area contributed by atoms with Gasteiger partial charge in [-0.1, -0.05) is 18.2 Å². The van der Waals surface area contributed by atoms with Gasteiger partial charge >= 0.3 is 0 Å². The molecule has 0 aliphatic carbocycles. The zero-order valence-corrected chi connectivity index (χ0v) is 15.8. The van der Waals surface area contributed by atoms with Crippen molar-refractivity contribution >= 4 is 22.5 Å². The summed E-state index contributed by atoms with van der Waals surface area (Å²) < 4.78 is 5.26. The monoisotopic (exact) mass is 374 g/mol. The molecule has 0 spiro atoms. The fourth-order valence-electron chi connectivity index (χ4n) is 3.79. The van der Waals surface area contributed by atoms with Gasteiger partial charge in [0.2, 0.25) is 0 Å². The second-order valence-electron chi connectivity index (χ2n) is 7.12. The Hall–Kier alpha value is -3.21. The van der Waals surface area contributed by atoms with Gasteiger partial charge in [-0.2, -0.15) is 0 Å². The van der Waals surface area contributed by atoms with Crippen LogP contribution in [0.3, 0.4) is 0 Å². The molecule has 0 N–H and O–H groups in total. The molecule has 1 saturated heterocycles. The summed E-state index contributed by atoms with van der Waals surface area (Å²) in [4.78, 5) is 31.6. The van der Waals surface area contributed by atoms with E-state index in [1.165, 1.54) is 0 Å². The second-order valence-corrected chi connectivity index (χ2v) is 7.12. The van der Waals surface area contributed by atoms with Gasteiger partial charge in [-0.3, -0.25) is 14.6 Å². The maximum absolute atomic E-state index is 13.1. The number of aromatic nitrogens is 1. The number of carbonyl (C=O) groups excluding carboxylic acids is 2. The third kappa shape index (κ3) is 3.60. The van der Waals surface area contributed by atoms with Crippen molar-refractivity contribution in [3.8, 4) is 5.75 Å². The number of pyridine rings is 1. The third-order valence-electron chi connectivity index (χ3n) is 5.34. The number of benzene rings is 2. The molecule has 1 aromatic heterocycles. The smallest absolute Gasteiger partial charge is 0.253 e. The molecule has 1 aliphatic rings. The Morgan fingerprint density at radius 2 is 1.75 bits per heavy atom. The van der Waals surface area contributed by atoms with Crippen molar-refractivity contribution in [2.75, 3.05) is 20.2 Å². The molecule has 5 nitrogen and oxygen atoms in total. The van der Waals surface area contributed by atoms with E-state index >= 15 is 0 Å². The highest BCUT2D eigenvalue weighted by Crippen LogP contribution is 2.26. The summed E-state index contributed by atoms with van der Waals surface area (Å²) in [5.41, 5.74) is 1.31. The first-order chi connectivity index (χ1) is 13.7. The predicted molar refractivity (Wildman–Crippen MR) is 108 cm³/mol. The van der Waals surface area contributed by atoms with Gasteiger partial charge in [0.05, 0.1) is 7.11 Å². The molecule has 1 aliphatic heterocycles. The maximum Gasteiger partial charge on any atom is 0.253 e. The van der Waals surface area contributed by atoms with E-state index in [9.17, 15) is 9.59 Å². The van der Waals surface area contributed by atoms with Crippen molar-refractivity contribution in [3.63, 3.8) is 0 Å². The van der Waals surface area contributed by atoms with Crippen molar-refractivity contribution in [1.29, 1.82) is 0 Å². The Kier molecular flexibility index (Phi) is 5.06. The Labute approximate surface area is 163 Å². The molecule has 142 valence electrons. The molecular weight excluding hydrogens is 352 g/mol. The van der Waals surface area contributed by atoms with Gasteiger partial charge in [-0.05, 0) is 53.9 Å². The molecular formula is C23H22N2O3. The number of fused-ring (bicyclic) bond motifs is 1. The topological polar surface area (TPSA) is 59.5 Å². The van der Waals surface area contributed by atoms with Crippen LogP contribution >= 0.6 is 0 Å². The van der Waals surface area contributed by atoms with Crippen molar-refractivity contribution in [3.05, 3.63) is 72.1 Å². The molecule has 2 heterocycles. The summed E-state index contributed by atoms with van der Waals surface area (Å²) in [5, 5.41) is 2.04. The van der Waals surface area contributed by atoms with Crippen molar-refractivity contribution in [2.45, 2.75) is 12.8 Å². The summed E-state index contributed by atoms with van der Waals surface area (Å²) >= 11 is 0. The summed E-state index contributed by atoms with van der Waals surface area (Å²) in [7, 11) is 1.64. The van der Waals surface area contributed by atoms with Crippen LogP contribution in [0.1, 0.15) is 33.6 Å². The first-order valence-corrected chi connectivity index (χ1v) is 9.47. The number of ether oxygens (including phenoxy) is 1. The SMILES string of the molecule is COc1ccc2cc(C(=O)[C@@H]3CCCN(C(=O)c4ccncc4)C3)ccc2c1. The van der Waals surface area contributed by atoms with E-state index in [0.29, 0.717) is 24.2 Å². The van der Waals surface area contributed by atoms with Crippen LogP contribution < -0.4 is 4.74 Å². The maximum atomic E-state index is 13.1. The zero-order valence-electron chi connectivity index (χ0n) is 15.8. The Balaban J connectivity index is 1.52. The van der Waals surface area contributed by atoms with Crippen LogP contribution in [0.5, 0.6) is 5.75 Å². The van der Waals surface area contributed by atoms with Gasteiger partial charge in [0.25, 0.3) is 5.91 Å². The highest BCUT2D eigenvalue weighted by molar-refractivity contribution is 6.02. The van der Waals surface area contributed by atoms with Crippen molar-refractivity contribution < 1.29 is 14.3 Å². The van der Waals surface area contributed by atoms with Crippen LogP contribution in [-0.2, 0) is 0 Å². The first kappa shape index (κ1) is 18.2. The van der Waals surface area contributed by atoms with E-state index in [1.54, 1.807) is 36.5 Å². The normalized spacial score (nSPS) is 16.8. The number of rotatable bonds is 4. The minimum absolute atomic E-state index is 0.0366. The van der Waals surface area contributed by atoms with Gasteiger partial charge < -0.3 is 9.64 Å². The van der Waals surface area contributed by atoms with Crippen LogP contribution in [0.25, 0.3) is 10.8 Å². The number of carbonyl (C=O) groups is 2. The Bertz CT molecular complexity index is 1020. The molecule has 3 aromatic rings. The van der Waals surface area contributed by atoms with Gasteiger partial charge in [-0.15, -0.1) is 0 Å². The minimum atomic E-state index is -0.171. The quantitative estimate of drug-likeness (QED) is 0.648. The van der Waals surface area contributed by atoms with Gasteiger partial charge in [-0.25, -0.2) is 0 Å².